The lowest BCUT2D eigenvalue weighted by atomic mass is 9.96. The minimum atomic E-state index is 0.102. The van der Waals surface area contributed by atoms with Crippen LogP contribution in [-0.4, -0.2) is 17.6 Å². The first kappa shape index (κ1) is 14.9. The van der Waals surface area contributed by atoms with E-state index in [2.05, 4.69) is 29.4 Å². The first-order valence-electron chi connectivity index (χ1n) is 8.65. The summed E-state index contributed by atoms with van der Waals surface area (Å²) in [6, 6.07) is 8.66. The predicted octanol–water partition coefficient (Wildman–Crippen LogP) is 3.81. The average molecular weight is 312 g/mol. The van der Waals surface area contributed by atoms with E-state index in [9.17, 15) is 0 Å². The molecule has 4 heteroatoms. The maximum atomic E-state index is 6.01. The summed E-state index contributed by atoms with van der Waals surface area (Å²) in [5.74, 6) is 3.61. The maximum absolute atomic E-state index is 6.01. The molecule has 1 saturated heterocycles. The minimum absolute atomic E-state index is 0.102. The highest BCUT2D eigenvalue weighted by atomic mass is 16.5. The first-order valence-corrected chi connectivity index (χ1v) is 8.65. The van der Waals surface area contributed by atoms with Gasteiger partial charge in [0.25, 0.3) is 0 Å². The van der Waals surface area contributed by atoms with Gasteiger partial charge in [0.05, 0.1) is 12.6 Å². The van der Waals surface area contributed by atoms with Crippen LogP contribution in [0.15, 0.2) is 41.1 Å². The van der Waals surface area contributed by atoms with Crippen LogP contribution >= 0.6 is 0 Å². The van der Waals surface area contributed by atoms with Crippen LogP contribution in [-0.2, 0) is 11.3 Å². The topological polar surface area (TPSA) is 47.3 Å². The molecule has 23 heavy (non-hydrogen) atoms. The number of nitrogens with zero attached hydrogens (tertiary/aromatic N) is 1. The zero-order valence-electron chi connectivity index (χ0n) is 13.6. The number of pyridine rings is 1. The number of hydrogen-bond donors (Lipinski definition) is 1. The Hall–Kier alpha value is -1.65. The van der Waals surface area contributed by atoms with Crippen molar-refractivity contribution >= 4 is 0 Å². The summed E-state index contributed by atoms with van der Waals surface area (Å²) >= 11 is 0. The summed E-state index contributed by atoms with van der Waals surface area (Å²) in [5, 5.41) is 3.63. The summed E-state index contributed by atoms with van der Waals surface area (Å²) in [6.45, 7) is 3.87. The van der Waals surface area contributed by atoms with E-state index in [1.807, 2.05) is 24.5 Å². The highest BCUT2D eigenvalue weighted by Crippen LogP contribution is 2.47. The van der Waals surface area contributed by atoms with Gasteiger partial charge in [0.2, 0.25) is 0 Å². The molecule has 2 aromatic rings. The van der Waals surface area contributed by atoms with E-state index in [1.54, 1.807) is 0 Å². The molecule has 1 aliphatic carbocycles. The van der Waals surface area contributed by atoms with Crippen LogP contribution in [0.5, 0.6) is 0 Å². The number of rotatable bonds is 5. The fourth-order valence-electron chi connectivity index (χ4n) is 3.51. The summed E-state index contributed by atoms with van der Waals surface area (Å²) in [4.78, 5) is 4.10. The van der Waals surface area contributed by atoms with Crippen molar-refractivity contribution < 1.29 is 9.15 Å². The van der Waals surface area contributed by atoms with Crippen LogP contribution in [0.4, 0.5) is 0 Å². The van der Waals surface area contributed by atoms with E-state index in [1.165, 1.54) is 12.0 Å². The highest BCUT2D eigenvalue weighted by molar-refractivity contribution is 5.18. The first-order chi connectivity index (χ1) is 11.3. The van der Waals surface area contributed by atoms with Gasteiger partial charge in [0.1, 0.15) is 11.5 Å². The number of hydrogen-bond acceptors (Lipinski definition) is 4. The molecule has 1 aliphatic heterocycles. The minimum Gasteiger partial charge on any atom is -0.464 e. The third kappa shape index (κ3) is 3.33. The Morgan fingerprint density at radius 3 is 2.83 bits per heavy atom. The monoisotopic (exact) mass is 312 g/mol. The van der Waals surface area contributed by atoms with Crippen molar-refractivity contribution in [2.24, 2.45) is 5.92 Å². The Balaban J connectivity index is 1.39. The molecule has 0 amide bonds. The molecule has 122 valence electrons. The molecular weight excluding hydrogens is 288 g/mol. The zero-order valence-corrected chi connectivity index (χ0v) is 13.6. The number of furan rings is 1. The van der Waals surface area contributed by atoms with Crippen LogP contribution in [0, 0.1) is 5.92 Å². The Bertz CT molecular complexity index is 640. The van der Waals surface area contributed by atoms with Crippen LogP contribution in [0.3, 0.4) is 0 Å². The van der Waals surface area contributed by atoms with Gasteiger partial charge in [0, 0.05) is 31.0 Å². The number of aromatic nitrogens is 1. The zero-order chi connectivity index (χ0) is 15.6. The fraction of sp³-hybridized carbons (Fsp3) is 0.526. The van der Waals surface area contributed by atoms with Gasteiger partial charge < -0.3 is 14.5 Å². The van der Waals surface area contributed by atoms with E-state index >= 15 is 0 Å². The van der Waals surface area contributed by atoms with Crippen LogP contribution < -0.4 is 5.32 Å². The van der Waals surface area contributed by atoms with Crippen LogP contribution in [0.1, 0.15) is 55.3 Å². The lowest BCUT2D eigenvalue weighted by molar-refractivity contribution is -0.0116. The second kappa shape index (κ2) is 6.46. The van der Waals surface area contributed by atoms with E-state index in [0.717, 1.165) is 43.4 Å². The summed E-state index contributed by atoms with van der Waals surface area (Å²) in [6.07, 6.45) is 7.26. The van der Waals surface area contributed by atoms with Crippen molar-refractivity contribution in [1.29, 1.82) is 0 Å². The third-order valence-electron chi connectivity index (χ3n) is 5.05. The lowest BCUT2D eigenvalue weighted by Crippen LogP contribution is -2.39. The molecule has 0 bridgehead atoms. The molecule has 4 nitrogen and oxygen atoms in total. The van der Waals surface area contributed by atoms with Gasteiger partial charge in [-0.15, -0.1) is 0 Å². The predicted molar refractivity (Wildman–Crippen MR) is 88.0 cm³/mol. The van der Waals surface area contributed by atoms with Gasteiger partial charge in [-0.05, 0) is 55.0 Å². The molecule has 2 aromatic heterocycles. The molecule has 3 heterocycles. The van der Waals surface area contributed by atoms with Crippen molar-refractivity contribution in [2.45, 2.75) is 50.8 Å². The number of ether oxygens (including phenoxy) is 1. The Morgan fingerprint density at radius 1 is 1.22 bits per heavy atom. The third-order valence-corrected chi connectivity index (χ3v) is 5.05. The number of nitrogens with one attached hydrogen (secondary N) is 1. The molecule has 1 saturated carbocycles. The smallest absolute Gasteiger partial charge is 0.117 e. The Labute approximate surface area is 137 Å². The second-order valence-electron chi connectivity index (χ2n) is 6.83. The molecule has 4 rings (SSSR count). The van der Waals surface area contributed by atoms with Crippen molar-refractivity contribution in [3.63, 3.8) is 0 Å². The normalized spacial score (nSPS) is 30.3. The molecule has 2 fully saturated rings. The second-order valence-corrected chi connectivity index (χ2v) is 6.83. The molecule has 2 aliphatic rings. The van der Waals surface area contributed by atoms with Gasteiger partial charge in [-0.25, -0.2) is 0 Å². The summed E-state index contributed by atoms with van der Waals surface area (Å²) < 4.78 is 12.0. The van der Waals surface area contributed by atoms with Gasteiger partial charge in [0.15, 0.2) is 0 Å². The van der Waals surface area contributed by atoms with E-state index < -0.39 is 0 Å². The lowest BCUT2D eigenvalue weighted by Gasteiger charge is -2.32. The van der Waals surface area contributed by atoms with Gasteiger partial charge in [-0.2, -0.15) is 0 Å². The van der Waals surface area contributed by atoms with E-state index in [4.69, 9.17) is 9.15 Å². The fourth-order valence-corrected chi connectivity index (χ4v) is 3.51. The Morgan fingerprint density at radius 2 is 2.04 bits per heavy atom. The van der Waals surface area contributed by atoms with E-state index in [0.29, 0.717) is 12.0 Å². The molecular formula is C19H24N2O2. The molecule has 1 N–H and O–H groups in total. The van der Waals surface area contributed by atoms with Gasteiger partial charge in [-0.1, -0.05) is 6.92 Å². The molecule has 0 unspecified atom stereocenters. The summed E-state index contributed by atoms with van der Waals surface area (Å²) in [5.41, 5.74) is 1.20. The standard InChI is InChI=1S/C19H24N2O2/c1-13-11-16(13)18-5-4-15(23-18)12-21-17-3-2-10-22-19(17)14-6-8-20-9-7-14/h4-9,13,16-17,19,21H,2-3,10-12H2,1H3/t13-,16-,17+,19-/m1/s1. The molecule has 0 aromatic carbocycles. The highest BCUT2D eigenvalue weighted by Gasteiger charge is 2.36. The van der Waals surface area contributed by atoms with E-state index in [-0.39, 0.29) is 6.10 Å². The Kier molecular flexibility index (Phi) is 4.19. The quantitative estimate of drug-likeness (QED) is 0.912. The molecule has 4 atom stereocenters. The van der Waals surface area contributed by atoms with Crippen molar-refractivity contribution in [3.05, 3.63) is 53.7 Å². The average Bonchev–Trinajstić information content (AvgIpc) is 3.15. The largest absolute Gasteiger partial charge is 0.464 e. The van der Waals surface area contributed by atoms with Crippen molar-refractivity contribution in [3.8, 4) is 0 Å². The van der Waals surface area contributed by atoms with Crippen molar-refractivity contribution in [2.75, 3.05) is 6.61 Å². The van der Waals surface area contributed by atoms with Gasteiger partial charge >= 0.3 is 0 Å². The van der Waals surface area contributed by atoms with Crippen molar-refractivity contribution in [1.82, 2.24) is 10.3 Å². The SMILES string of the molecule is C[C@@H]1C[C@H]1c1ccc(CN[C@H]2CCCO[C@@H]2c2ccncc2)o1. The summed E-state index contributed by atoms with van der Waals surface area (Å²) in [7, 11) is 0. The van der Waals surface area contributed by atoms with Crippen LogP contribution in [0.25, 0.3) is 0 Å². The van der Waals surface area contributed by atoms with Crippen LogP contribution in [0.2, 0.25) is 0 Å². The molecule has 0 radical (unpaired) electrons. The van der Waals surface area contributed by atoms with Gasteiger partial charge in [-0.3, -0.25) is 4.98 Å². The molecule has 0 spiro atoms. The maximum Gasteiger partial charge on any atom is 0.117 e.